The number of hydrogen-bond donors (Lipinski definition) is 1. The molecule has 0 bridgehead atoms. The van der Waals surface area contributed by atoms with Crippen LogP contribution in [0.15, 0.2) is 64.8 Å². The Hall–Kier alpha value is -2.46. The van der Waals surface area contributed by atoms with Gasteiger partial charge in [-0.3, -0.25) is 15.0 Å². The Bertz CT molecular complexity index is 708. The number of ketones is 1. The summed E-state index contributed by atoms with van der Waals surface area (Å²) in [6.45, 7) is 2.94. The average Bonchev–Trinajstić information content (AvgIpc) is 2.81. The third-order valence-electron chi connectivity index (χ3n) is 3.75. The molecule has 112 valence electrons. The minimum absolute atomic E-state index is 0.159. The number of carbonyl (C=O) groups excluding carboxylic acids is 1. The smallest absolute Gasteiger partial charge is 0.214 e. The lowest BCUT2D eigenvalue weighted by molar-refractivity contribution is 0.102. The molecule has 0 radical (unpaired) electrons. The molecule has 0 aromatic heterocycles. The molecular weight excluding hydrogens is 276 g/mol. The van der Waals surface area contributed by atoms with E-state index in [0.717, 1.165) is 30.2 Å². The van der Waals surface area contributed by atoms with E-state index in [1.807, 2.05) is 24.3 Å². The Morgan fingerprint density at radius 3 is 2.55 bits per heavy atom. The van der Waals surface area contributed by atoms with Gasteiger partial charge in [0, 0.05) is 12.1 Å². The third kappa shape index (κ3) is 2.53. The Labute approximate surface area is 129 Å². The maximum Gasteiger partial charge on any atom is 0.214 e. The molecule has 22 heavy (non-hydrogen) atoms. The first-order valence-corrected chi connectivity index (χ1v) is 7.50. The van der Waals surface area contributed by atoms with Crippen LogP contribution in [0.5, 0.6) is 0 Å². The van der Waals surface area contributed by atoms with Gasteiger partial charge in [-0.15, -0.1) is 0 Å². The highest BCUT2D eigenvalue weighted by Gasteiger charge is 2.33. The van der Waals surface area contributed by atoms with Gasteiger partial charge >= 0.3 is 0 Å². The Kier molecular flexibility index (Phi) is 4.02. The zero-order valence-electron chi connectivity index (χ0n) is 12.5. The van der Waals surface area contributed by atoms with E-state index in [2.05, 4.69) is 11.9 Å². The van der Waals surface area contributed by atoms with Gasteiger partial charge in [-0.2, -0.15) is 0 Å². The highest BCUT2D eigenvalue weighted by atomic mass is 16.5. The summed E-state index contributed by atoms with van der Waals surface area (Å²) in [6, 6.07) is 7.05. The van der Waals surface area contributed by atoms with Crippen molar-refractivity contribution in [2.24, 2.45) is 4.99 Å². The molecule has 1 heterocycles. The lowest BCUT2D eigenvalue weighted by Crippen LogP contribution is -2.17. The van der Waals surface area contributed by atoms with Crippen LogP contribution in [0.2, 0.25) is 0 Å². The Balaban J connectivity index is 1.88. The van der Waals surface area contributed by atoms with Gasteiger partial charge in [0.25, 0.3) is 0 Å². The lowest BCUT2D eigenvalue weighted by Gasteiger charge is -2.14. The standard InChI is InChI=1S/C18H18N2O2/c1-2-3-12-19-14-10-8-13(9-11-14)17-18(21)15-6-4-5-7-16(15)20(17)22/h4-11,22H,2-3,12H2,1H3. The molecular formula is C18H18N2O2. The summed E-state index contributed by atoms with van der Waals surface area (Å²) in [5.41, 5.74) is 2.93. The van der Waals surface area contributed by atoms with Crippen LogP contribution in [0.1, 0.15) is 30.1 Å². The van der Waals surface area contributed by atoms with E-state index in [-0.39, 0.29) is 5.78 Å². The summed E-state index contributed by atoms with van der Waals surface area (Å²) >= 11 is 0. The zero-order chi connectivity index (χ0) is 15.5. The van der Waals surface area contributed by atoms with Crippen molar-refractivity contribution in [3.05, 3.63) is 65.4 Å². The van der Waals surface area contributed by atoms with Crippen LogP contribution in [0.3, 0.4) is 0 Å². The van der Waals surface area contributed by atoms with E-state index in [4.69, 9.17) is 0 Å². The molecule has 1 aromatic carbocycles. The van der Waals surface area contributed by atoms with Crippen LogP contribution in [0.25, 0.3) is 0 Å². The summed E-state index contributed by atoms with van der Waals surface area (Å²) in [5, 5.41) is 11.2. The molecule has 4 heteroatoms. The largest absolute Gasteiger partial charge is 0.287 e. The summed E-state index contributed by atoms with van der Waals surface area (Å²) < 4.78 is 0. The van der Waals surface area contributed by atoms with Crippen LogP contribution < -0.4 is 5.06 Å². The molecule has 0 spiro atoms. The molecule has 1 aliphatic carbocycles. The van der Waals surface area contributed by atoms with Crippen molar-refractivity contribution in [2.75, 3.05) is 11.6 Å². The normalized spacial score (nSPS) is 16.5. The number of nitrogens with zero attached hydrogens (tertiary/aromatic N) is 2. The minimum Gasteiger partial charge on any atom is -0.287 e. The van der Waals surface area contributed by atoms with Crippen molar-refractivity contribution in [2.45, 2.75) is 19.8 Å². The van der Waals surface area contributed by atoms with Gasteiger partial charge in [-0.25, -0.2) is 5.06 Å². The molecule has 4 nitrogen and oxygen atoms in total. The van der Waals surface area contributed by atoms with Crippen LogP contribution in [0, 0.1) is 0 Å². The van der Waals surface area contributed by atoms with Gasteiger partial charge in [0.05, 0.1) is 17.0 Å². The van der Waals surface area contributed by atoms with Crippen LogP contribution in [-0.4, -0.2) is 23.2 Å². The average molecular weight is 294 g/mol. The number of rotatable bonds is 3. The molecule has 0 fully saturated rings. The fourth-order valence-electron chi connectivity index (χ4n) is 2.54. The number of hydroxylamine groups is 1. The fourth-order valence-corrected chi connectivity index (χ4v) is 2.54. The van der Waals surface area contributed by atoms with Gasteiger partial charge in [-0.1, -0.05) is 37.6 Å². The summed E-state index contributed by atoms with van der Waals surface area (Å²) in [6.07, 6.45) is 9.59. The molecule has 1 N–H and O–H groups in total. The fraction of sp³-hybridized carbons (Fsp3) is 0.222. The van der Waals surface area contributed by atoms with E-state index >= 15 is 0 Å². The number of para-hydroxylation sites is 1. The molecule has 0 atom stereocenters. The maximum absolute atomic E-state index is 12.4. The van der Waals surface area contributed by atoms with E-state index < -0.39 is 0 Å². The second-order valence-electron chi connectivity index (χ2n) is 5.29. The molecule has 1 aliphatic heterocycles. The lowest BCUT2D eigenvalue weighted by atomic mass is 10.0. The van der Waals surface area contributed by atoms with E-state index in [0.29, 0.717) is 22.5 Å². The van der Waals surface area contributed by atoms with Crippen molar-refractivity contribution >= 4 is 17.2 Å². The molecule has 0 unspecified atom stereocenters. The van der Waals surface area contributed by atoms with E-state index in [1.54, 1.807) is 24.3 Å². The number of benzene rings is 1. The van der Waals surface area contributed by atoms with Gasteiger partial charge in [0.2, 0.25) is 5.78 Å². The van der Waals surface area contributed by atoms with Crippen LogP contribution >= 0.6 is 0 Å². The first-order chi connectivity index (χ1) is 10.7. The number of anilines is 1. The van der Waals surface area contributed by atoms with Crippen molar-refractivity contribution in [1.82, 2.24) is 0 Å². The Morgan fingerprint density at radius 1 is 1.14 bits per heavy atom. The van der Waals surface area contributed by atoms with Gasteiger partial charge in [-0.05, 0) is 30.7 Å². The number of allylic oxidation sites excluding steroid dienone is 6. The minimum atomic E-state index is -0.159. The molecule has 2 aliphatic rings. The van der Waals surface area contributed by atoms with Crippen molar-refractivity contribution in [3.8, 4) is 0 Å². The topological polar surface area (TPSA) is 52.9 Å². The second kappa shape index (κ2) is 6.12. The zero-order valence-corrected chi connectivity index (χ0v) is 12.5. The highest BCUT2D eigenvalue weighted by molar-refractivity contribution is 6.19. The molecule has 1 aromatic rings. The van der Waals surface area contributed by atoms with Crippen molar-refractivity contribution in [1.29, 1.82) is 0 Å². The van der Waals surface area contributed by atoms with Gasteiger partial charge < -0.3 is 0 Å². The third-order valence-corrected chi connectivity index (χ3v) is 3.75. The van der Waals surface area contributed by atoms with Gasteiger partial charge in [0.1, 0.15) is 5.70 Å². The van der Waals surface area contributed by atoms with Crippen molar-refractivity contribution in [3.63, 3.8) is 0 Å². The van der Waals surface area contributed by atoms with Crippen LogP contribution in [-0.2, 0) is 0 Å². The number of fused-ring (bicyclic) bond motifs is 1. The first kappa shape index (κ1) is 14.5. The maximum atomic E-state index is 12.4. The first-order valence-electron chi connectivity index (χ1n) is 7.50. The number of hydrogen-bond acceptors (Lipinski definition) is 4. The second-order valence-corrected chi connectivity index (χ2v) is 5.29. The predicted octanol–water partition coefficient (Wildman–Crippen LogP) is 3.70. The summed E-state index contributed by atoms with van der Waals surface area (Å²) in [4.78, 5) is 16.9. The van der Waals surface area contributed by atoms with Gasteiger partial charge in [0.15, 0.2) is 0 Å². The number of carbonyl (C=O) groups is 1. The number of Topliss-reactive ketones (excluding diaryl/α,β-unsaturated/α-hetero) is 1. The highest BCUT2D eigenvalue weighted by Crippen LogP contribution is 2.35. The number of unbranched alkanes of at least 4 members (excludes halogenated alkanes) is 1. The molecule has 0 amide bonds. The summed E-state index contributed by atoms with van der Waals surface area (Å²) in [5.74, 6) is -0.159. The molecule has 0 saturated heterocycles. The van der Waals surface area contributed by atoms with E-state index in [1.165, 1.54) is 0 Å². The predicted molar refractivity (Wildman–Crippen MR) is 87.6 cm³/mol. The summed E-state index contributed by atoms with van der Waals surface area (Å²) in [7, 11) is 0. The Morgan fingerprint density at radius 2 is 1.86 bits per heavy atom. The quantitative estimate of drug-likeness (QED) is 0.683. The van der Waals surface area contributed by atoms with Crippen LogP contribution in [0.4, 0.5) is 5.69 Å². The van der Waals surface area contributed by atoms with Crippen molar-refractivity contribution < 1.29 is 10.0 Å². The number of aliphatic imine (C=N–C) groups is 1. The monoisotopic (exact) mass is 294 g/mol. The molecule has 3 rings (SSSR count). The SMILES string of the molecule is CCCCN=C1C=CC(=C2C(=O)c3ccccc3N2O)C=C1. The van der Waals surface area contributed by atoms with E-state index in [9.17, 15) is 10.0 Å². The molecule has 0 saturated carbocycles.